The van der Waals surface area contributed by atoms with E-state index in [2.05, 4.69) is 56.0 Å². The van der Waals surface area contributed by atoms with Gasteiger partial charge in [0.1, 0.15) is 5.76 Å². The minimum atomic E-state index is 0.659. The summed E-state index contributed by atoms with van der Waals surface area (Å²) in [5.41, 5.74) is 1.25. The number of likely N-dealkylation sites (N-methyl/N-ethyl adjacent to an activating group) is 1. The van der Waals surface area contributed by atoms with Crippen LogP contribution in [0.4, 0.5) is 0 Å². The van der Waals surface area contributed by atoms with Gasteiger partial charge in [-0.3, -0.25) is 4.90 Å². The number of hydrogen-bond acceptors (Lipinski definition) is 4. The maximum Gasteiger partial charge on any atom is 0.118 e. The van der Waals surface area contributed by atoms with E-state index in [1.54, 1.807) is 0 Å². The highest BCUT2D eigenvalue weighted by Crippen LogP contribution is 2.22. The lowest BCUT2D eigenvalue weighted by atomic mass is 10.1. The Morgan fingerprint density at radius 3 is 2.76 bits per heavy atom. The molecule has 0 amide bonds. The summed E-state index contributed by atoms with van der Waals surface area (Å²) in [6.07, 6.45) is 1.89. The van der Waals surface area contributed by atoms with Gasteiger partial charge >= 0.3 is 0 Å². The quantitative estimate of drug-likeness (QED) is 0.836. The number of nitrogens with zero attached hydrogens (tertiary/aromatic N) is 2. The van der Waals surface area contributed by atoms with Crippen LogP contribution in [0.15, 0.2) is 16.7 Å². The van der Waals surface area contributed by atoms with Crippen LogP contribution >= 0.6 is 0 Å². The Hall–Kier alpha value is -0.840. The van der Waals surface area contributed by atoms with Crippen LogP contribution in [0.3, 0.4) is 0 Å². The highest BCUT2D eigenvalue weighted by molar-refractivity contribution is 5.13. The second-order valence-electron chi connectivity index (χ2n) is 7.15. The Labute approximate surface area is 129 Å². The predicted octanol–water partition coefficient (Wildman–Crippen LogP) is 2.41. The first-order valence-electron chi connectivity index (χ1n) is 8.11. The molecule has 4 nitrogen and oxygen atoms in total. The molecule has 2 rings (SSSR count). The zero-order chi connectivity index (χ0) is 15.4. The first kappa shape index (κ1) is 16.5. The normalized spacial score (nSPS) is 23.6. The van der Waals surface area contributed by atoms with E-state index in [0.717, 1.165) is 44.4 Å². The van der Waals surface area contributed by atoms with Crippen molar-refractivity contribution in [2.75, 3.05) is 33.7 Å². The minimum Gasteiger partial charge on any atom is -0.468 e. The molecule has 4 heteroatoms. The molecule has 1 aliphatic rings. The van der Waals surface area contributed by atoms with Crippen LogP contribution in [-0.4, -0.2) is 49.6 Å². The lowest BCUT2D eigenvalue weighted by Crippen LogP contribution is -2.34. The number of hydrogen-bond donors (Lipinski definition) is 1. The Kier molecular flexibility index (Phi) is 5.85. The molecule has 1 aromatic heterocycles. The van der Waals surface area contributed by atoms with Gasteiger partial charge in [0.05, 0.1) is 12.8 Å². The van der Waals surface area contributed by atoms with Gasteiger partial charge < -0.3 is 14.6 Å². The molecule has 1 fully saturated rings. The molecule has 1 saturated heterocycles. The zero-order valence-corrected chi connectivity index (χ0v) is 14.2. The highest BCUT2D eigenvalue weighted by Gasteiger charge is 2.31. The monoisotopic (exact) mass is 293 g/mol. The largest absolute Gasteiger partial charge is 0.468 e. The van der Waals surface area contributed by atoms with Gasteiger partial charge in [0.2, 0.25) is 0 Å². The van der Waals surface area contributed by atoms with Gasteiger partial charge in [0.15, 0.2) is 0 Å². The van der Waals surface area contributed by atoms with Gasteiger partial charge in [-0.25, -0.2) is 0 Å². The second kappa shape index (κ2) is 7.43. The van der Waals surface area contributed by atoms with Gasteiger partial charge in [-0.15, -0.1) is 0 Å². The van der Waals surface area contributed by atoms with E-state index in [9.17, 15) is 0 Å². The maximum atomic E-state index is 5.72. The molecule has 120 valence electrons. The van der Waals surface area contributed by atoms with E-state index in [4.69, 9.17) is 4.42 Å². The third-order valence-electron chi connectivity index (χ3n) is 4.28. The van der Waals surface area contributed by atoms with Crippen molar-refractivity contribution in [3.05, 3.63) is 23.7 Å². The smallest absolute Gasteiger partial charge is 0.118 e. The molecule has 1 aliphatic heterocycles. The Morgan fingerprint density at radius 2 is 2.14 bits per heavy atom. The molecule has 0 radical (unpaired) electrons. The van der Waals surface area contributed by atoms with Gasteiger partial charge in [-0.1, -0.05) is 20.8 Å². The number of furan rings is 1. The van der Waals surface area contributed by atoms with Crippen molar-refractivity contribution in [2.45, 2.75) is 39.9 Å². The molecule has 0 saturated carbocycles. The molecular formula is C17H31N3O. The van der Waals surface area contributed by atoms with Gasteiger partial charge in [0, 0.05) is 31.2 Å². The molecule has 21 heavy (non-hydrogen) atoms. The lowest BCUT2D eigenvalue weighted by molar-refractivity contribution is 0.244. The van der Waals surface area contributed by atoms with Crippen LogP contribution < -0.4 is 5.32 Å². The maximum absolute atomic E-state index is 5.72. The van der Waals surface area contributed by atoms with Crippen molar-refractivity contribution in [3.63, 3.8) is 0 Å². The van der Waals surface area contributed by atoms with Crippen LogP contribution in [0.5, 0.6) is 0 Å². The molecule has 0 spiro atoms. The van der Waals surface area contributed by atoms with E-state index < -0.39 is 0 Å². The van der Waals surface area contributed by atoms with Crippen LogP contribution in [-0.2, 0) is 13.1 Å². The zero-order valence-electron chi connectivity index (χ0n) is 14.2. The summed E-state index contributed by atoms with van der Waals surface area (Å²) in [5.74, 6) is 2.50. The number of rotatable bonds is 7. The molecule has 2 atom stereocenters. The van der Waals surface area contributed by atoms with Crippen molar-refractivity contribution in [1.82, 2.24) is 15.1 Å². The topological polar surface area (TPSA) is 31.7 Å². The van der Waals surface area contributed by atoms with Crippen molar-refractivity contribution in [2.24, 2.45) is 11.8 Å². The molecule has 2 heterocycles. The van der Waals surface area contributed by atoms with Crippen molar-refractivity contribution >= 4 is 0 Å². The molecule has 1 aromatic rings. The fourth-order valence-electron chi connectivity index (χ4n) is 3.18. The Morgan fingerprint density at radius 1 is 1.38 bits per heavy atom. The Balaban J connectivity index is 1.80. The molecule has 2 unspecified atom stereocenters. The summed E-state index contributed by atoms with van der Waals surface area (Å²) in [6, 6.07) is 2.85. The van der Waals surface area contributed by atoms with Crippen molar-refractivity contribution in [3.8, 4) is 0 Å². The summed E-state index contributed by atoms with van der Waals surface area (Å²) in [4.78, 5) is 4.84. The third-order valence-corrected chi connectivity index (χ3v) is 4.28. The summed E-state index contributed by atoms with van der Waals surface area (Å²) >= 11 is 0. The average Bonchev–Trinajstić information content (AvgIpc) is 2.96. The van der Waals surface area contributed by atoms with Crippen molar-refractivity contribution < 1.29 is 4.42 Å². The molecular weight excluding hydrogens is 262 g/mol. The fraction of sp³-hybridized carbons (Fsp3) is 0.765. The highest BCUT2D eigenvalue weighted by atomic mass is 16.3. The minimum absolute atomic E-state index is 0.659. The van der Waals surface area contributed by atoms with E-state index in [1.807, 2.05) is 6.26 Å². The van der Waals surface area contributed by atoms with Gasteiger partial charge in [0.25, 0.3) is 0 Å². The first-order chi connectivity index (χ1) is 9.95. The standard InChI is InChI=1S/C17H31N3O/c1-13(2)7-18-8-15-6-16(21-12-15)10-20-9-14(3)17(11-20)19(4)5/h6,12-14,17-18H,7-11H2,1-5H3. The summed E-state index contributed by atoms with van der Waals surface area (Å²) in [7, 11) is 4.35. The van der Waals surface area contributed by atoms with Crippen LogP contribution in [0, 0.1) is 11.8 Å². The third kappa shape index (κ3) is 4.83. The summed E-state index contributed by atoms with van der Waals surface area (Å²) in [6.45, 7) is 12.0. The predicted molar refractivity (Wildman–Crippen MR) is 87.2 cm³/mol. The molecule has 0 aliphatic carbocycles. The van der Waals surface area contributed by atoms with Gasteiger partial charge in [-0.05, 0) is 38.5 Å². The van der Waals surface area contributed by atoms with E-state index in [1.165, 1.54) is 5.56 Å². The first-order valence-corrected chi connectivity index (χ1v) is 8.11. The SMILES string of the molecule is CC(C)CNCc1coc(CN2CC(C)C(N(C)C)C2)c1. The van der Waals surface area contributed by atoms with E-state index >= 15 is 0 Å². The van der Waals surface area contributed by atoms with Crippen molar-refractivity contribution in [1.29, 1.82) is 0 Å². The van der Waals surface area contributed by atoms with E-state index in [-0.39, 0.29) is 0 Å². The van der Waals surface area contributed by atoms with Gasteiger partial charge in [-0.2, -0.15) is 0 Å². The molecule has 0 aromatic carbocycles. The lowest BCUT2D eigenvalue weighted by Gasteiger charge is -2.22. The summed E-state index contributed by atoms with van der Waals surface area (Å²) < 4.78 is 5.72. The van der Waals surface area contributed by atoms with Crippen LogP contribution in [0.25, 0.3) is 0 Å². The number of likely N-dealkylation sites (tertiary alicyclic amines) is 1. The summed E-state index contributed by atoms with van der Waals surface area (Å²) in [5, 5.41) is 3.46. The Bertz CT molecular complexity index is 427. The second-order valence-corrected chi connectivity index (χ2v) is 7.15. The molecule has 0 bridgehead atoms. The van der Waals surface area contributed by atoms with E-state index in [0.29, 0.717) is 12.0 Å². The average molecular weight is 293 g/mol. The molecule has 1 N–H and O–H groups in total. The van der Waals surface area contributed by atoms with Crippen LogP contribution in [0.2, 0.25) is 0 Å². The number of nitrogens with one attached hydrogen (secondary N) is 1. The van der Waals surface area contributed by atoms with Crippen LogP contribution in [0.1, 0.15) is 32.1 Å². The fourth-order valence-corrected chi connectivity index (χ4v) is 3.18.